The molecule has 1 heteroatoms. The van der Waals surface area contributed by atoms with Crippen molar-refractivity contribution in [1.82, 2.24) is 0 Å². The van der Waals surface area contributed by atoms with Gasteiger partial charge in [0.25, 0.3) is 0 Å². The Labute approximate surface area is 67.4 Å². The van der Waals surface area contributed by atoms with Crippen LogP contribution in [-0.4, -0.2) is 11.2 Å². The number of hydrogen-bond donors (Lipinski definition) is 1. The molecule has 0 radical (unpaired) electrons. The minimum Gasteiger partial charge on any atom is -0.392 e. The fourth-order valence-electron chi connectivity index (χ4n) is 2.06. The molecule has 0 heterocycles. The molecule has 0 unspecified atom stereocenters. The van der Waals surface area contributed by atoms with Gasteiger partial charge in [-0.3, -0.25) is 0 Å². The summed E-state index contributed by atoms with van der Waals surface area (Å²) < 4.78 is 0. The maximum absolute atomic E-state index is 9.55. The van der Waals surface area contributed by atoms with Gasteiger partial charge in [-0.05, 0) is 24.8 Å². The van der Waals surface area contributed by atoms with Gasteiger partial charge in [-0.15, -0.1) is 0 Å². The summed E-state index contributed by atoms with van der Waals surface area (Å²) in [5, 5.41) is 9.55. The molecule has 0 aromatic carbocycles. The molecule has 0 saturated carbocycles. The van der Waals surface area contributed by atoms with E-state index in [0.29, 0.717) is 5.92 Å². The number of aliphatic hydroxyl groups is 1. The van der Waals surface area contributed by atoms with E-state index in [4.69, 9.17) is 0 Å². The zero-order chi connectivity index (χ0) is 7.84. The van der Waals surface area contributed by atoms with Crippen molar-refractivity contribution in [1.29, 1.82) is 0 Å². The van der Waals surface area contributed by atoms with Gasteiger partial charge in [0.15, 0.2) is 0 Å². The second kappa shape index (κ2) is 2.49. The first-order valence-electron chi connectivity index (χ1n) is 4.35. The van der Waals surface area contributed by atoms with Gasteiger partial charge in [0.05, 0.1) is 6.10 Å². The Morgan fingerprint density at radius 2 is 2.36 bits per heavy atom. The van der Waals surface area contributed by atoms with Crippen LogP contribution in [0.25, 0.3) is 0 Å². The molecule has 2 atom stereocenters. The lowest BCUT2D eigenvalue weighted by Gasteiger charge is -2.11. The lowest BCUT2D eigenvalue weighted by Crippen LogP contribution is -2.11. The molecule has 0 bridgehead atoms. The van der Waals surface area contributed by atoms with Gasteiger partial charge in [-0.1, -0.05) is 24.6 Å². The first-order chi connectivity index (χ1) is 5.29. The summed E-state index contributed by atoms with van der Waals surface area (Å²) in [7, 11) is 0. The third-order valence-electron chi connectivity index (χ3n) is 2.84. The smallest absolute Gasteiger partial charge is 0.0643 e. The van der Waals surface area contributed by atoms with Crippen molar-refractivity contribution in [3.63, 3.8) is 0 Å². The molecule has 1 nitrogen and oxygen atoms in total. The van der Waals surface area contributed by atoms with Gasteiger partial charge < -0.3 is 5.11 Å². The first-order valence-corrected chi connectivity index (χ1v) is 4.35. The van der Waals surface area contributed by atoms with Crippen molar-refractivity contribution in [2.24, 2.45) is 5.92 Å². The lowest BCUT2D eigenvalue weighted by molar-refractivity contribution is 0.147. The molecular formula is C10H14O. The van der Waals surface area contributed by atoms with Crippen molar-refractivity contribution >= 4 is 0 Å². The maximum Gasteiger partial charge on any atom is 0.0643 e. The van der Waals surface area contributed by atoms with Crippen LogP contribution in [0.3, 0.4) is 0 Å². The summed E-state index contributed by atoms with van der Waals surface area (Å²) in [6.45, 7) is 2.11. The molecule has 1 N–H and O–H groups in total. The Hall–Kier alpha value is -0.560. The minimum absolute atomic E-state index is 0.109. The zero-order valence-electron chi connectivity index (χ0n) is 6.88. The van der Waals surface area contributed by atoms with Crippen molar-refractivity contribution in [2.45, 2.75) is 32.3 Å². The molecule has 2 rings (SSSR count). The molecule has 2 aliphatic rings. The van der Waals surface area contributed by atoms with E-state index in [-0.39, 0.29) is 6.10 Å². The number of rotatable bonds is 0. The summed E-state index contributed by atoms with van der Waals surface area (Å²) in [6, 6.07) is 0. The average Bonchev–Trinajstić information content (AvgIpc) is 2.30. The minimum atomic E-state index is -0.109. The van der Waals surface area contributed by atoms with Crippen LogP contribution in [0, 0.1) is 5.92 Å². The van der Waals surface area contributed by atoms with E-state index >= 15 is 0 Å². The molecular weight excluding hydrogens is 136 g/mol. The molecule has 0 fully saturated rings. The van der Waals surface area contributed by atoms with Crippen LogP contribution < -0.4 is 0 Å². The average molecular weight is 150 g/mol. The Bertz CT molecular complexity index is 225. The highest BCUT2D eigenvalue weighted by Crippen LogP contribution is 2.37. The van der Waals surface area contributed by atoms with E-state index in [1.54, 1.807) is 0 Å². The zero-order valence-corrected chi connectivity index (χ0v) is 6.88. The summed E-state index contributed by atoms with van der Waals surface area (Å²) in [4.78, 5) is 0. The highest BCUT2D eigenvalue weighted by Gasteiger charge is 2.28. The standard InChI is InChI=1S/C10H14O/c1-7-9-5-3-2-4-8(9)6-10(7)11/h3,5,7,10-11H,2,4,6H2,1H3/t7-,10+/m1/s1. The predicted octanol–water partition coefficient (Wildman–Crippen LogP) is 2.03. The van der Waals surface area contributed by atoms with Crippen molar-refractivity contribution < 1.29 is 5.11 Å². The van der Waals surface area contributed by atoms with E-state index in [1.807, 2.05) is 0 Å². The Kier molecular flexibility index (Phi) is 1.61. The fraction of sp³-hybridized carbons (Fsp3) is 0.600. The summed E-state index contributed by atoms with van der Waals surface area (Å²) in [5.41, 5.74) is 2.90. The highest BCUT2D eigenvalue weighted by molar-refractivity contribution is 5.36. The number of hydrogen-bond acceptors (Lipinski definition) is 1. The van der Waals surface area contributed by atoms with Gasteiger partial charge >= 0.3 is 0 Å². The maximum atomic E-state index is 9.55. The van der Waals surface area contributed by atoms with Crippen LogP contribution in [0.5, 0.6) is 0 Å². The van der Waals surface area contributed by atoms with E-state index < -0.39 is 0 Å². The molecule has 0 spiro atoms. The molecule has 2 aliphatic carbocycles. The van der Waals surface area contributed by atoms with Gasteiger partial charge in [-0.2, -0.15) is 0 Å². The topological polar surface area (TPSA) is 20.2 Å². The molecule has 11 heavy (non-hydrogen) atoms. The van der Waals surface area contributed by atoms with Crippen molar-refractivity contribution in [3.05, 3.63) is 23.3 Å². The van der Waals surface area contributed by atoms with E-state index in [0.717, 1.165) is 12.8 Å². The second-order valence-corrected chi connectivity index (χ2v) is 3.56. The quantitative estimate of drug-likeness (QED) is 0.560. The van der Waals surface area contributed by atoms with Crippen LogP contribution in [0.4, 0.5) is 0 Å². The van der Waals surface area contributed by atoms with E-state index in [2.05, 4.69) is 19.1 Å². The Morgan fingerprint density at radius 3 is 3.09 bits per heavy atom. The predicted molar refractivity (Wildman–Crippen MR) is 45.2 cm³/mol. The fourth-order valence-corrected chi connectivity index (χ4v) is 2.06. The Balaban J connectivity index is 2.28. The van der Waals surface area contributed by atoms with Gasteiger partial charge in [0, 0.05) is 5.92 Å². The highest BCUT2D eigenvalue weighted by atomic mass is 16.3. The first kappa shape index (κ1) is 7.11. The lowest BCUT2D eigenvalue weighted by atomic mass is 9.96. The molecule has 0 saturated heterocycles. The van der Waals surface area contributed by atoms with Gasteiger partial charge in [0.2, 0.25) is 0 Å². The molecule has 0 amide bonds. The monoisotopic (exact) mass is 150 g/mol. The summed E-state index contributed by atoms with van der Waals surface area (Å²) >= 11 is 0. The third-order valence-corrected chi connectivity index (χ3v) is 2.84. The molecule has 0 aromatic heterocycles. The molecule has 0 aromatic rings. The number of allylic oxidation sites excluding steroid dienone is 2. The van der Waals surface area contributed by atoms with Crippen molar-refractivity contribution in [2.75, 3.05) is 0 Å². The second-order valence-electron chi connectivity index (χ2n) is 3.56. The summed E-state index contributed by atoms with van der Waals surface area (Å²) in [6.07, 6.45) is 7.56. The van der Waals surface area contributed by atoms with Gasteiger partial charge in [-0.25, -0.2) is 0 Å². The van der Waals surface area contributed by atoms with E-state index in [9.17, 15) is 5.11 Å². The SMILES string of the molecule is C[C@@H]1C2=C(CCC=C2)C[C@@H]1O. The normalized spacial score (nSPS) is 36.2. The van der Waals surface area contributed by atoms with Crippen molar-refractivity contribution in [3.8, 4) is 0 Å². The molecule has 60 valence electrons. The Morgan fingerprint density at radius 1 is 1.55 bits per heavy atom. The van der Waals surface area contributed by atoms with Crippen LogP contribution in [-0.2, 0) is 0 Å². The summed E-state index contributed by atoms with van der Waals surface area (Å²) in [5.74, 6) is 0.376. The largest absolute Gasteiger partial charge is 0.392 e. The molecule has 0 aliphatic heterocycles. The van der Waals surface area contributed by atoms with Crippen LogP contribution >= 0.6 is 0 Å². The van der Waals surface area contributed by atoms with Crippen LogP contribution in [0.2, 0.25) is 0 Å². The van der Waals surface area contributed by atoms with Crippen LogP contribution in [0.15, 0.2) is 23.3 Å². The number of aliphatic hydroxyl groups excluding tert-OH is 1. The van der Waals surface area contributed by atoms with Gasteiger partial charge in [0.1, 0.15) is 0 Å². The van der Waals surface area contributed by atoms with E-state index in [1.165, 1.54) is 17.6 Å². The van der Waals surface area contributed by atoms with Crippen LogP contribution in [0.1, 0.15) is 26.2 Å². The third kappa shape index (κ3) is 1.04.